The molecule has 1 aliphatic rings. The SMILES string of the molecule is CC(C)OC(=O)N[C@H]1Cc2c(n(Cc3cnccn3)c3ccc(C#N)cc23)C1. The monoisotopic (exact) mass is 375 g/mol. The molecule has 0 saturated carbocycles. The Bertz CT molecular complexity index is 1070. The molecule has 1 N–H and O–H groups in total. The highest BCUT2D eigenvalue weighted by atomic mass is 16.6. The molecule has 0 bridgehead atoms. The molecule has 0 saturated heterocycles. The minimum atomic E-state index is -0.396. The molecule has 1 atom stereocenters. The van der Waals surface area contributed by atoms with Crippen molar-refractivity contribution >= 4 is 17.0 Å². The van der Waals surface area contributed by atoms with Gasteiger partial charge in [0.15, 0.2) is 0 Å². The van der Waals surface area contributed by atoms with Gasteiger partial charge in [0.25, 0.3) is 0 Å². The molecular formula is C21H21N5O2. The van der Waals surface area contributed by atoms with Gasteiger partial charge in [-0.3, -0.25) is 9.97 Å². The van der Waals surface area contributed by atoms with Crippen LogP contribution in [-0.4, -0.2) is 32.8 Å². The number of ether oxygens (including phenoxy) is 1. The Hall–Kier alpha value is -3.40. The van der Waals surface area contributed by atoms with Crippen molar-refractivity contribution in [2.45, 2.75) is 45.4 Å². The zero-order valence-electron chi connectivity index (χ0n) is 15.8. The fourth-order valence-electron chi connectivity index (χ4n) is 3.83. The maximum atomic E-state index is 12.0. The third-order valence-electron chi connectivity index (χ3n) is 4.91. The molecule has 0 aliphatic heterocycles. The number of nitrogens with zero attached hydrogens (tertiary/aromatic N) is 4. The Balaban J connectivity index is 1.69. The molecule has 3 aromatic rings. The van der Waals surface area contributed by atoms with Gasteiger partial charge in [-0.05, 0) is 44.0 Å². The summed E-state index contributed by atoms with van der Waals surface area (Å²) in [6.45, 7) is 4.25. The van der Waals surface area contributed by atoms with Crippen LogP contribution in [0.25, 0.3) is 10.9 Å². The number of amides is 1. The molecular weight excluding hydrogens is 354 g/mol. The summed E-state index contributed by atoms with van der Waals surface area (Å²) in [5.74, 6) is 0. The number of hydrogen-bond donors (Lipinski definition) is 1. The van der Waals surface area contributed by atoms with Crippen LogP contribution in [0.1, 0.15) is 36.4 Å². The molecule has 0 unspecified atom stereocenters. The summed E-state index contributed by atoms with van der Waals surface area (Å²) in [5.41, 5.74) is 4.89. The highest BCUT2D eigenvalue weighted by Crippen LogP contribution is 2.34. The molecule has 0 radical (unpaired) electrons. The molecule has 7 heteroatoms. The van der Waals surface area contributed by atoms with Gasteiger partial charge in [0.05, 0.1) is 36.2 Å². The molecule has 28 heavy (non-hydrogen) atoms. The topological polar surface area (TPSA) is 92.8 Å². The molecule has 1 aliphatic carbocycles. The van der Waals surface area contributed by atoms with Crippen LogP contribution in [0, 0.1) is 11.3 Å². The Morgan fingerprint density at radius 2 is 2.25 bits per heavy atom. The third-order valence-corrected chi connectivity index (χ3v) is 4.91. The fraction of sp³-hybridized carbons (Fsp3) is 0.333. The molecule has 7 nitrogen and oxygen atoms in total. The smallest absolute Gasteiger partial charge is 0.407 e. The van der Waals surface area contributed by atoms with Gasteiger partial charge in [0, 0.05) is 41.5 Å². The van der Waals surface area contributed by atoms with E-state index in [-0.39, 0.29) is 12.1 Å². The first kappa shape index (κ1) is 18.0. The second-order valence-corrected chi connectivity index (χ2v) is 7.26. The summed E-state index contributed by atoms with van der Waals surface area (Å²) in [6, 6.07) is 7.93. The highest BCUT2D eigenvalue weighted by molar-refractivity contribution is 5.88. The van der Waals surface area contributed by atoms with E-state index in [4.69, 9.17) is 4.74 Å². The number of nitrogens with one attached hydrogen (secondary N) is 1. The fourth-order valence-corrected chi connectivity index (χ4v) is 3.83. The average molecular weight is 375 g/mol. The number of benzene rings is 1. The Kier molecular flexibility index (Phi) is 4.70. The van der Waals surface area contributed by atoms with E-state index < -0.39 is 6.09 Å². The van der Waals surface area contributed by atoms with Crippen molar-refractivity contribution in [1.29, 1.82) is 5.26 Å². The van der Waals surface area contributed by atoms with Crippen LogP contribution in [0.5, 0.6) is 0 Å². The van der Waals surface area contributed by atoms with Gasteiger partial charge in [-0.25, -0.2) is 4.79 Å². The summed E-state index contributed by atoms with van der Waals surface area (Å²) in [4.78, 5) is 20.6. The quantitative estimate of drug-likeness (QED) is 0.757. The minimum absolute atomic E-state index is 0.0282. The van der Waals surface area contributed by atoms with E-state index >= 15 is 0 Å². The zero-order chi connectivity index (χ0) is 19.7. The largest absolute Gasteiger partial charge is 0.447 e. The second-order valence-electron chi connectivity index (χ2n) is 7.26. The molecule has 2 heterocycles. The van der Waals surface area contributed by atoms with E-state index in [0.717, 1.165) is 22.3 Å². The number of carbonyl (C=O) groups excluding carboxylic acids is 1. The molecule has 4 rings (SSSR count). The lowest BCUT2D eigenvalue weighted by molar-refractivity contribution is 0.112. The molecule has 1 aromatic carbocycles. The number of fused-ring (bicyclic) bond motifs is 3. The van der Waals surface area contributed by atoms with Crippen LogP contribution in [0.4, 0.5) is 4.79 Å². The maximum absolute atomic E-state index is 12.0. The van der Waals surface area contributed by atoms with Crippen LogP contribution < -0.4 is 5.32 Å². The first-order chi connectivity index (χ1) is 13.5. The summed E-state index contributed by atoms with van der Waals surface area (Å²) >= 11 is 0. The van der Waals surface area contributed by atoms with E-state index in [2.05, 4.69) is 25.9 Å². The average Bonchev–Trinajstić information content (AvgIpc) is 3.19. The van der Waals surface area contributed by atoms with E-state index in [1.165, 1.54) is 5.56 Å². The number of rotatable bonds is 4. The van der Waals surface area contributed by atoms with Gasteiger partial charge < -0.3 is 14.6 Å². The molecule has 142 valence electrons. The molecule has 0 fully saturated rings. The Labute approximate surface area is 163 Å². The van der Waals surface area contributed by atoms with Gasteiger partial charge >= 0.3 is 6.09 Å². The van der Waals surface area contributed by atoms with Gasteiger partial charge in [0.1, 0.15) is 0 Å². The van der Waals surface area contributed by atoms with Crippen LogP contribution in [0.3, 0.4) is 0 Å². The van der Waals surface area contributed by atoms with E-state index in [0.29, 0.717) is 24.9 Å². The van der Waals surface area contributed by atoms with Crippen LogP contribution in [0.15, 0.2) is 36.8 Å². The molecule has 2 aromatic heterocycles. The van der Waals surface area contributed by atoms with E-state index in [9.17, 15) is 10.1 Å². The van der Waals surface area contributed by atoms with Crippen LogP contribution >= 0.6 is 0 Å². The molecule has 0 spiro atoms. The van der Waals surface area contributed by atoms with Gasteiger partial charge in [-0.2, -0.15) is 5.26 Å². The Morgan fingerprint density at radius 1 is 1.39 bits per heavy atom. The van der Waals surface area contributed by atoms with Crippen molar-refractivity contribution in [3.05, 3.63) is 59.3 Å². The predicted molar refractivity (Wildman–Crippen MR) is 104 cm³/mol. The van der Waals surface area contributed by atoms with Crippen molar-refractivity contribution in [3.8, 4) is 6.07 Å². The summed E-state index contributed by atoms with van der Waals surface area (Å²) < 4.78 is 7.43. The van der Waals surface area contributed by atoms with Crippen LogP contribution in [-0.2, 0) is 24.1 Å². The van der Waals surface area contributed by atoms with Crippen molar-refractivity contribution in [2.75, 3.05) is 0 Å². The lowest BCUT2D eigenvalue weighted by atomic mass is 10.1. The van der Waals surface area contributed by atoms with Crippen molar-refractivity contribution in [1.82, 2.24) is 19.9 Å². The standard InChI is InChI=1S/C21H21N5O2/c1-13(2)28-21(27)25-15-8-18-17-7-14(10-22)3-4-19(17)26(20(18)9-15)12-16-11-23-5-6-24-16/h3-7,11,13,15H,8-9,12H2,1-2H3,(H,25,27)/t15-/m0/s1. The van der Waals surface area contributed by atoms with Gasteiger partial charge in [0.2, 0.25) is 0 Å². The number of hydrogen-bond acceptors (Lipinski definition) is 5. The second kappa shape index (κ2) is 7.31. The van der Waals surface area contributed by atoms with Crippen molar-refractivity contribution in [3.63, 3.8) is 0 Å². The highest BCUT2D eigenvalue weighted by Gasteiger charge is 2.30. The lowest BCUT2D eigenvalue weighted by Crippen LogP contribution is -2.37. The van der Waals surface area contributed by atoms with Crippen molar-refractivity contribution in [2.24, 2.45) is 0 Å². The first-order valence-electron chi connectivity index (χ1n) is 9.31. The van der Waals surface area contributed by atoms with Crippen LogP contribution in [0.2, 0.25) is 0 Å². The van der Waals surface area contributed by atoms with Gasteiger partial charge in [-0.15, -0.1) is 0 Å². The number of alkyl carbamates (subject to hydrolysis) is 1. The normalized spacial score (nSPS) is 15.4. The summed E-state index contributed by atoms with van der Waals surface area (Å²) in [7, 11) is 0. The Morgan fingerprint density at radius 3 is 2.96 bits per heavy atom. The van der Waals surface area contributed by atoms with E-state index in [1.807, 2.05) is 32.0 Å². The number of carbonyl (C=O) groups is 1. The van der Waals surface area contributed by atoms with Crippen molar-refractivity contribution < 1.29 is 9.53 Å². The number of nitriles is 1. The van der Waals surface area contributed by atoms with E-state index in [1.54, 1.807) is 18.6 Å². The number of aromatic nitrogens is 3. The maximum Gasteiger partial charge on any atom is 0.407 e. The summed E-state index contributed by atoms with van der Waals surface area (Å²) in [5, 5.41) is 13.3. The van der Waals surface area contributed by atoms with Gasteiger partial charge in [-0.1, -0.05) is 0 Å². The third kappa shape index (κ3) is 3.41. The summed E-state index contributed by atoms with van der Waals surface area (Å²) in [6.07, 6.45) is 5.96. The minimum Gasteiger partial charge on any atom is -0.447 e. The predicted octanol–water partition coefficient (Wildman–Crippen LogP) is 2.95. The molecule has 1 amide bonds. The zero-order valence-corrected chi connectivity index (χ0v) is 15.8. The first-order valence-corrected chi connectivity index (χ1v) is 9.31. The lowest BCUT2D eigenvalue weighted by Gasteiger charge is -2.16.